The topological polar surface area (TPSA) is 105 Å². The van der Waals surface area contributed by atoms with Crippen molar-refractivity contribution in [2.75, 3.05) is 40.9 Å². The van der Waals surface area contributed by atoms with Crippen LogP contribution in [0.3, 0.4) is 0 Å². The molecule has 0 aromatic carbocycles. The number of rotatable bonds is 42. The van der Waals surface area contributed by atoms with Gasteiger partial charge in [0.15, 0.2) is 0 Å². The van der Waals surface area contributed by atoms with Crippen molar-refractivity contribution in [3.8, 4) is 0 Å². The Kier molecular flexibility index (Phi) is 39.3. The first-order chi connectivity index (χ1) is 28.0. The summed E-state index contributed by atoms with van der Waals surface area (Å²) in [5.41, 5.74) is 0. The number of nitrogens with one attached hydrogen (secondary N) is 1. The van der Waals surface area contributed by atoms with Crippen LogP contribution < -0.4 is 5.32 Å². The Labute approximate surface area is 358 Å². The highest BCUT2D eigenvalue weighted by molar-refractivity contribution is 7.47. The lowest BCUT2D eigenvalue weighted by atomic mass is 10.0. The van der Waals surface area contributed by atoms with Crippen LogP contribution in [0.1, 0.15) is 194 Å². The molecule has 58 heavy (non-hydrogen) atoms. The largest absolute Gasteiger partial charge is 0.472 e. The van der Waals surface area contributed by atoms with E-state index in [-0.39, 0.29) is 19.1 Å². The predicted octanol–water partition coefficient (Wildman–Crippen LogP) is 13.4. The number of carbonyl (C=O) groups excluding carboxylic acids is 1. The Balaban J connectivity index is 4.31. The van der Waals surface area contributed by atoms with Crippen LogP contribution >= 0.6 is 7.82 Å². The van der Waals surface area contributed by atoms with Gasteiger partial charge in [0.05, 0.1) is 39.9 Å². The quantitative estimate of drug-likeness (QED) is 0.0245. The van der Waals surface area contributed by atoms with Gasteiger partial charge in [-0.15, -0.1) is 0 Å². The fourth-order valence-corrected chi connectivity index (χ4v) is 7.28. The minimum atomic E-state index is -4.32. The Morgan fingerprint density at radius 3 is 1.52 bits per heavy atom. The molecule has 0 aromatic heterocycles. The first-order valence-electron chi connectivity index (χ1n) is 23.7. The fourth-order valence-electron chi connectivity index (χ4n) is 6.54. The number of quaternary nitrogens is 1. The molecule has 338 valence electrons. The molecule has 1 amide bonds. The Hall–Kier alpha value is -1.80. The third-order valence-electron chi connectivity index (χ3n) is 10.3. The van der Waals surface area contributed by atoms with Crippen molar-refractivity contribution in [3.05, 3.63) is 60.8 Å². The molecule has 0 radical (unpaired) electrons. The molecule has 0 aliphatic rings. The van der Waals surface area contributed by atoms with Crippen LogP contribution in [0.5, 0.6) is 0 Å². The zero-order valence-electron chi connectivity index (χ0n) is 38.3. The van der Waals surface area contributed by atoms with Crippen LogP contribution in [-0.2, 0) is 18.4 Å². The van der Waals surface area contributed by atoms with Gasteiger partial charge < -0.3 is 19.8 Å². The third-order valence-corrected chi connectivity index (χ3v) is 11.3. The number of allylic oxidation sites excluding steroid dienone is 10. The van der Waals surface area contributed by atoms with Gasteiger partial charge in [0, 0.05) is 6.42 Å². The summed E-state index contributed by atoms with van der Waals surface area (Å²) >= 11 is 0. The van der Waals surface area contributed by atoms with E-state index in [2.05, 4.69) is 79.9 Å². The number of hydrogen-bond donors (Lipinski definition) is 3. The monoisotopic (exact) mass is 836 g/mol. The molecule has 8 nitrogen and oxygen atoms in total. The van der Waals surface area contributed by atoms with Gasteiger partial charge >= 0.3 is 7.82 Å². The van der Waals surface area contributed by atoms with Gasteiger partial charge in [0.2, 0.25) is 5.91 Å². The number of amides is 1. The first-order valence-corrected chi connectivity index (χ1v) is 25.1. The highest BCUT2D eigenvalue weighted by Crippen LogP contribution is 2.43. The zero-order chi connectivity index (χ0) is 42.8. The number of unbranched alkanes of at least 4 members (excludes halogenated alkanes) is 19. The van der Waals surface area contributed by atoms with E-state index in [0.717, 1.165) is 77.0 Å². The molecule has 0 aliphatic heterocycles. The van der Waals surface area contributed by atoms with E-state index >= 15 is 0 Å². The lowest BCUT2D eigenvalue weighted by Crippen LogP contribution is -2.46. The van der Waals surface area contributed by atoms with Crippen molar-refractivity contribution in [1.29, 1.82) is 0 Å². The number of hydrogen-bond acceptors (Lipinski definition) is 5. The minimum Gasteiger partial charge on any atom is -0.391 e. The summed E-state index contributed by atoms with van der Waals surface area (Å²) in [5.74, 6) is -0.159. The maximum absolute atomic E-state index is 12.9. The maximum atomic E-state index is 12.9. The number of phosphoric acid groups is 1. The SMILES string of the molecule is CC/C=C\C/C=C\C/C=C\C/C=C\C/C=C\CCCCCCCCCC(=O)NC(COP(=O)(O)OCC[N+](C)(C)C)C(O)CCCCCCCCCCCCCCC. The molecule has 0 saturated heterocycles. The molecule has 0 heterocycles. The van der Waals surface area contributed by atoms with E-state index in [1.165, 1.54) is 89.9 Å². The lowest BCUT2D eigenvalue weighted by molar-refractivity contribution is -0.870. The summed E-state index contributed by atoms with van der Waals surface area (Å²) in [5, 5.41) is 14.0. The molecule has 0 aliphatic carbocycles. The second-order valence-corrected chi connectivity index (χ2v) is 18.6. The van der Waals surface area contributed by atoms with E-state index in [9.17, 15) is 19.4 Å². The molecular weight excluding hydrogens is 744 g/mol. The zero-order valence-corrected chi connectivity index (χ0v) is 39.2. The molecule has 3 atom stereocenters. The van der Waals surface area contributed by atoms with E-state index < -0.39 is 20.0 Å². The summed E-state index contributed by atoms with van der Waals surface area (Å²) in [7, 11) is 1.60. The van der Waals surface area contributed by atoms with E-state index in [1.807, 2.05) is 21.1 Å². The van der Waals surface area contributed by atoms with Gasteiger partial charge in [-0.1, -0.05) is 190 Å². The maximum Gasteiger partial charge on any atom is 0.472 e. The van der Waals surface area contributed by atoms with Crippen LogP contribution in [0.25, 0.3) is 0 Å². The summed E-state index contributed by atoms with van der Waals surface area (Å²) in [6.45, 7) is 4.75. The van der Waals surface area contributed by atoms with Crippen molar-refractivity contribution >= 4 is 13.7 Å². The predicted molar refractivity (Wildman–Crippen MR) is 249 cm³/mol. The third kappa shape index (κ3) is 42.3. The second kappa shape index (κ2) is 40.6. The highest BCUT2D eigenvalue weighted by Gasteiger charge is 2.28. The van der Waals surface area contributed by atoms with Crippen LogP contribution in [0, 0.1) is 0 Å². The highest BCUT2D eigenvalue weighted by atomic mass is 31.2. The molecule has 3 unspecified atom stereocenters. The molecule has 3 N–H and O–H groups in total. The van der Waals surface area contributed by atoms with Gasteiger partial charge in [-0.05, 0) is 57.8 Å². The van der Waals surface area contributed by atoms with Crippen molar-refractivity contribution in [2.45, 2.75) is 206 Å². The molecular formula is C49H92N2O6P+. The van der Waals surface area contributed by atoms with E-state index in [0.29, 0.717) is 23.9 Å². The average molecular weight is 836 g/mol. The molecule has 0 bridgehead atoms. The summed E-state index contributed by atoms with van der Waals surface area (Å²) < 4.78 is 23.6. The standard InChI is InChI=1S/C49H91N2O6P/c1-6-8-10-12-14-16-18-20-21-22-23-24-25-26-27-28-29-31-33-35-37-39-41-43-49(53)50-47(46-57-58(54,55)56-45-44-51(3,4)5)48(52)42-40-38-36-34-32-30-19-17-15-13-11-9-7-2/h8,10,14,16,20-21,23-24,26-27,47-48,52H,6-7,9,11-13,15,17-19,22,25,28-46H2,1-5H3,(H-,50,53,54,55)/p+1/b10-8-,16-14-,21-20-,24-23-,27-26-. The first kappa shape index (κ1) is 56.2. The molecule has 0 rings (SSSR count). The van der Waals surface area contributed by atoms with Crippen molar-refractivity contribution < 1.29 is 32.9 Å². The van der Waals surface area contributed by atoms with Crippen LogP contribution in [-0.4, -0.2) is 73.4 Å². The van der Waals surface area contributed by atoms with Gasteiger partial charge in [0.1, 0.15) is 13.2 Å². The Morgan fingerprint density at radius 2 is 1.03 bits per heavy atom. The number of nitrogens with zero attached hydrogens (tertiary/aromatic N) is 1. The smallest absolute Gasteiger partial charge is 0.391 e. The number of aliphatic hydroxyl groups excluding tert-OH is 1. The van der Waals surface area contributed by atoms with Gasteiger partial charge in [-0.2, -0.15) is 0 Å². The summed E-state index contributed by atoms with van der Waals surface area (Å²) in [6.07, 6.45) is 52.4. The second-order valence-electron chi connectivity index (χ2n) is 17.1. The van der Waals surface area contributed by atoms with Gasteiger partial charge in [0.25, 0.3) is 0 Å². The average Bonchev–Trinajstić information content (AvgIpc) is 3.17. The normalized spacial score (nSPS) is 14.8. The van der Waals surface area contributed by atoms with Crippen LogP contribution in [0.2, 0.25) is 0 Å². The van der Waals surface area contributed by atoms with Crippen molar-refractivity contribution in [3.63, 3.8) is 0 Å². The molecule has 0 saturated carbocycles. The van der Waals surface area contributed by atoms with E-state index in [4.69, 9.17) is 9.05 Å². The summed E-state index contributed by atoms with van der Waals surface area (Å²) in [4.78, 5) is 23.2. The summed E-state index contributed by atoms with van der Waals surface area (Å²) in [6, 6.07) is -0.768. The van der Waals surface area contributed by atoms with Crippen LogP contribution in [0.4, 0.5) is 0 Å². The van der Waals surface area contributed by atoms with Crippen molar-refractivity contribution in [1.82, 2.24) is 5.32 Å². The fraction of sp³-hybridized carbons (Fsp3) is 0.776. The number of likely N-dealkylation sites (N-methyl/N-ethyl adjacent to an activating group) is 1. The van der Waals surface area contributed by atoms with Gasteiger partial charge in [-0.3, -0.25) is 13.8 Å². The number of aliphatic hydroxyl groups is 1. The molecule has 9 heteroatoms. The molecule has 0 fully saturated rings. The lowest BCUT2D eigenvalue weighted by Gasteiger charge is -2.26. The molecule has 0 aromatic rings. The molecule has 0 spiro atoms. The van der Waals surface area contributed by atoms with Crippen molar-refractivity contribution in [2.24, 2.45) is 0 Å². The Morgan fingerprint density at radius 1 is 0.603 bits per heavy atom. The van der Waals surface area contributed by atoms with Gasteiger partial charge in [-0.25, -0.2) is 4.57 Å². The van der Waals surface area contributed by atoms with Crippen LogP contribution in [0.15, 0.2) is 60.8 Å². The van der Waals surface area contributed by atoms with E-state index in [1.54, 1.807) is 0 Å². The number of carbonyl (C=O) groups is 1. The Bertz CT molecular complexity index is 1130. The minimum absolute atomic E-state index is 0.0696. The number of phosphoric ester groups is 1.